The molecule has 0 aliphatic heterocycles. The number of rotatable bonds is 5. The lowest BCUT2D eigenvalue weighted by molar-refractivity contribution is 0.273. The predicted molar refractivity (Wildman–Crippen MR) is 76.3 cm³/mol. The Hall–Kier alpha value is -0.820. The summed E-state index contributed by atoms with van der Waals surface area (Å²) >= 11 is 0. The summed E-state index contributed by atoms with van der Waals surface area (Å²) in [5.41, 5.74) is 3.07. The third-order valence-electron chi connectivity index (χ3n) is 3.19. The Morgan fingerprint density at radius 2 is 1.65 bits per heavy atom. The maximum absolute atomic E-state index is 3.66. The van der Waals surface area contributed by atoms with Crippen molar-refractivity contribution < 1.29 is 0 Å². The normalized spacial score (nSPS) is 13.7. The van der Waals surface area contributed by atoms with Gasteiger partial charge in [-0.3, -0.25) is 0 Å². The smallest absolute Gasteiger partial charge is 0.0369 e. The fourth-order valence-corrected chi connectivity index (χ4v) is 2.16. The standard InChI is InChI=1S/C16H27N/c1-6-12-17-15(16(3,4)5)14-10-8-13(7-2)9-11-14/h8-11,15,17H,6-7,12H2,1-5H3. The average molecular weight is 233 g/mol. The summed E-state index contributed by atoms with van der Waals surface area (Å²) in [6.45, 7) is 12.4. The molecule has 0 radical (unpaired) electrons. The zero-order chi connectivity index (χ0) is 12.9. The summed E-state index contributed by atoms with van der Waals surface area (Å²) < 4.78 is 0. The van der Waals surface area contributed by atoms with Crippen molar-refractivity contribution in [2.45, 2.75) is 53.5 Å². The molecule has 0 aromatic heterocycles. The first-order valence-electron chi connectivity index (χ1n) is 6.81. The van der Waals surface area contributed by atoms with E-state index in [1.807, 2.05) is 0 Å². The van der Waals surface area contributed by atoms with Crippen LogP contribution in [0.3, 0.4) is 0 Å². The van der Waals surface area contributed by atoms with Crippen molar-refractivity contribution in [2.75, 3.05) is 6.54 Å². The molecule has 1 nitrogen and oxygen atoms in total. The van der Waals surface area contributed by atoms with Gasteiger partial charge in [-0.05, 0) is 35.9 Å². The van der Waals surface area contributed by atoms with E-state index in [1.165, 1.54) is 17.5 Å². The van der Waals surface area contributed by atoms with Crippen LogP contribution < -0.4 is 5.32 Å². The monoisotopic (exact) mass is 233 g/mol. The molecular formula is C16H27N. The molecule has 0 heterocycles. The number of benzene rings is 1. The molecule has 1 N–H and O–H groups in total. The molecule has 0 spiro atoms. The Morgan fingerprint density at radius 3 is 2.06 bits per heavy atom. The molecule has 17 heavy (non-hydrogen) atoms. The van der Waals surface area contributed by atoms with E-state index in [9.17, 15) is 0 Å². The van der Waals surface area contributed by atoms with Crippen LogP contribution >= 0.6 is 0 Å². The molecule has 1 rings (SSSR count). The van der Waals surface area contributed by atoms with E-state index in [4.69, 9.17) is 0 Å². The number of hydrogen-bond donors (Lipinski definition) is 1. The molecule has 1 heteroatoms. The van der Waals surface area contributed by atoms with Crippen LogP contribution in [0.2, 0.25) is 0 Å². The third-order valence-corrected chi connectivity index (χ3v) is 3.19. The van der Waals surface area contributed by atoms with Gasteiger partial charge in [0.05, 0.1) is 0 Å². The van der Waals surface area contributed by atoms with E-state index < -0.39 is 0 Å². The summed E-state index contributed by atoms with van der Waals surface area (Å²) in [6.07, 6.45) is 2.29. The van der Waals surface area contributed by atoms with Crippen LogP contribution in [0, 0.1) is 5.41 Å². The van der Waals surface area contributed by atoms with Crippen LogP contribution in [0.1, 0.15) is 58.2 Å². The molecule has 0 fully saturated rings. The van der Waals surface area contributed by atoms with Gasteiger partial charge >= 0.3 is 0 Å². The summed E-state index contributed by atoms with van der Waals surface area (Å²) in [6, 6.07) is 9.49. The fourth-order valence-electron chi connectivity index (χ4n) is 2.16. The van der Waals surface area contributed by atoms with Crippen molar-refractivity contribution in [3.63, 3.8) is 0 Å². The van der Waals surface area contributed by atoms with Gasteiger partial charge in [0.25, 0.3) is 0 Å². The highest BCUT2D eigenvalue weighted by molar-refractivity contribution is 5.26. The van der Waals surface area contributed by atoms with Gasteiger partial charge in [-0.15, -0.1) is 0 Å². The van der Waals surface area contributed by atoms with Crippen LogP contribution in [0.25, 0.3) is 0 Å². The van der Waals surface area contributed by atoms with Crippen LogP contribution in [-0.2, 0) is 6.42 Å². The Bertz CT molecular complexity index is 318. The van der Waals surface area contributed by atoms with E-state index in [0.717, 1.165) is 13.0 Å². The van der Waals surface area contributed by atoms with Crippen LogP contribution in [0.4, 0.5) is 0 Å². The van der Waals surface area contributed by atoms with E-state index in [2.05, 4.69) is 64.2 Å². The van der Waals surface area contributed by atoms with Crippen molar-refractivity contribution >= 4 is 0 Å². The fraction of sp³-hybridized carbons (Fsp3) is 0.625. The molecule has 0 aliphatic rings. The van der Waals surface area contributed by atoms with Crippen LogP contribution in [-0.4, -0.2) is 6.54 Å². The largest absolute Gasteiger partial charge is 0.309 e. The van der Waals surface area contributed by atoms with Crippen molar-refractivity contribution in [3.8, 4) is 0 Å². The van der Waals surface area contributed by atoms with Gasteiger partial charge in [0.1, 0.15) is 0 Å². The third kappa shape index (κ3) is 4.16. The molecule has 1 aromatic carbocycles. The van der Waals surface area contributed by atoms with Gasteiger partial charge < -0.3 is 5.32 Å². The van der Waals surface area contributed by atoms with E-state index in [-0.39, 0.29) is 5.41 Å². The lowest BCUT2D eigenvalue weighted by atomic mass is 9.82. The second kappa shape index (κ2) is 6.20. The Kier molecular flexibility index (Phi) is 5.20. The summed E-state index contributed by atoms with van der Waals surface area (Å²) in [4.78, 5) is 0. The van der Waals surface area contributed by atoms with Gasteiger partial charge in [0.2, 0.25) is 0 Å². The van der Waals surface area contributed by atoms with E-state index in [0.29, 0.717) is 6.04 Å². The zero-order valence-electron chi connectivity index (χ0n) is 12.0. The van der Waals surface area contributed by atoms with Gasteiger partial charge in [0.15, 0.2) is 0 Å². The average Bonchev–Trinajstić information content (AvgIpc) is 2.29. The van der Waals surface area contributed by atoms with Crippen LogP contribution in [0.5, 0.6) is 0 Å². The van der Waals surface area contributed by atoms with Crippen molar-refractivity contribution in [1.82, 2.24) is 5.32 Å². The minimum Gasteiger partial charge on any atom is -0.309 e. The second-order valence-electron chi connectivity index (χ2n) is 5.85. The molecule has 0 aliphatic carbocycles. The molecular weight excluding hydrogens is 206 g/mol. The molecule has 0 saturated heterocycles. The van der Waals surface area contributed by atoms with E-state index in [1.54, 1.807) is 0 Å². The van der Waals surface area contributed by atoms with Crippen molar-refractivity contribution in [3.05, 3.63) is 35.4 Å². The Morgan fingerprint density at radius 1 is 1.06 bits per heavy atom. The number of hydrogen-bond acceptors (Lipinski definition) is 1. The van der Waals surface area contributed by atoms with Crippen LogP contribution in [0.15, 0.2) is 24.3 Å². The Balaban J connectivity index is 2.88. The molecule has 0 amide bonds. The zero-order valence-corrected chi connectivity index (χ0v) is 12.0. The quantitative estimate of drug-likeness (QED) is 0.798. The first-order valence-corrected chi connectivity index (χ1v) is 6.81. The highest BCUT2D eigenvalue weighted by Crippen LogP contribution is 2.32. The molecule has 1 unspecified atom stereocenters. The molecule has 0 saturated carbocycles. The maximum Gasteiger partial charge on any atom is 0.0369 e. The van der Waals surface area contributed by atoms with Crippen molar-refractivity contribution in [1.29, 1.82) is 0 Å². The first-order chi connectivity index (χ1) is 7.99. The first kappa shape index (κ1) is 14.2. The summed E-state index contributed by atoms with van der Waals surface area (Å²) in [7, 11) is 0. The highest BCUT2D eigenvalue weighted by Gasteiger charge is 2.25. The minimum atomic E-state index is 0.253. The predicted octanol–water partition coefficient (Wildman–Crippen LogP) is 4.34. The summed E-state index contributed by atoms with van der Waals surface area (Å²) in [5.74, 6) is 0. The van der Waals surface area contributed by atoms with Crippen molar-refractivity contribution in [2.24, 2.45) is 5.41 Å². The molecule has 0 bridgehead atoms. The summed E-state index contributed by atoms with van der Waals surface area (Å²) in [5, 5.41) is 3.66. The topological polar surface area (TPSA) is 12.0 Å². The molecule has 96 valence electrons. The van der Waals surface area contributed by atoms with Gasteiger partial charge in [-0.2, -0.15) is 0 Å². The minimum absolute atomic E-state index is 0.253. The maximum atomic E-state index is 3.66. The van der Waals surface area contributed by atoms with Gasteiger partial charge in [-0.25, -0.2) is 0 Å². The number of nitrogens with one attached hydrogen (secondary N) is 1. The van der Waals surface area contributed by atoms with E-state index >= 15 is 0 Å². The lowest BCUT2D eigenvalue weighted by Crippen LogP contribution is -2.32. The lowest BCUT2D eigenvalue weighted by Gasteiger charge is -2.32. The molecule has 1 atom stereocenters. The van der Waals surface area contributed by atoms with Gasteiger partial charge in [-0.1, -0.05) is 58.9 Å². The number of aryl methyl sites for hydroxylation is 1. The molecule has 1 aromatic rings. The highest BCUT2D eigenvalue weighted by atomic mass is 14.9. The second-order valence-corrected chi connectivity index (χ2v) is 5.85. The SMILES string of the molecule is CCCNC(c1ccc(CC)cc1)C(C)(C)C. The van der Waals surface area contributed by atoms with Gasteiger partial charge in [0, 0.05) is 6.04 Å². The Labute approximate surface area is 107 Å².